The molecule has 5 nitrogen and oxygen atoms in total. The SMILES string of the molecule is CCn1cc(CN(Cc2ccc3c(c2)OCCO3)CC(C)C)cn1. The first-order valence-corrected chi connectivity index (χ1v) is 8.76. The smallest absolute Gasteiger partial charge is 0.161 e. The van der Waals surface area contributed by atoms with Crippen LogP contribution in [0.1, 0.15) is 31.9 Å². The molecule has 0 saturated heterocycles. The summed E-state index contributed by atoms with van der Waals surface area (Å²) in [7, 11) is 0. The minimum atomic E-state index is 0.614. The lowest BCUT2D eigenvalue weighted by molar-refractivity contribution is 0.170. The van der Waals surface area contributed by atoms with Crippen molar-refractivity contribution in [3.05, 3.63) is 41.7 Å². The number of benzene rings is 1. The predicted octanol–water partition coefficient (Wildman–Crippen LogP) is 3.33. The van der Waals surface area contributed by atoms with Crippen molar-refractivity contribution in [1.29, 1.82) is 0 Å². The molecule has 0 amide bonds. The zero-order valence-electron chi connectivity index (χ0n) is 14.9. The standard InChI is InChI=1S/C19H27N3O2/c1-4-22-14-17(10-20-22)13-21(11-15(2)3)12-16-5-6-18-19(9-16)24-8-7-23-18/h5-6,9-10,14-15H,4,7-8,11-13H2,1-3H3. The summed E-state index contributed by atoms with van der Waals surface area (Å²) in [6.07, 6.45) is 4.11. The first kappa shape index (κ1) is 16.8. The maximum atomic E-state index is 5.71. The van der Waals surface area contributed by atoms with Gasteiger partial charge in [0.25, 0.3) is 0 Å². The Hall–Kier alpha value is -2.01. The third-order valence-corrected chi connectivity index (χ3v) is 4.05. The minimum absolute atomic E-state index is 0.614. The zero-order valence-corrected chi connectivity index (χ0v) is 14.9. The van der Waals surface area contributed by atoms with Gasteiger partial charge in [0.05, 0.1) is 6.20 Å². The summed E-state index contributed by atoms with van der Waals surface area (Å²) in [5.74, 6) is 2.33. The normalized spacial score (nSPS) is 13.7. The molecule has 0 saturated carbocycles. The molecule has 0 aliphatic carbocycles. The average molecular weight is 329 g/mol. The highest BCUT2D eigenvalue weighted by Crippen LogP contribution is 2.31. The fourth-order valence-corrected chi connectivity index (χ4v) is 3.06. The largest absolute Gasteiger partial charge is 0.486 e. The molecule has 2 aromatic rings. The molecule has 0 radical (unpaired) electrons. The fraction of sp³-hybridized carbons (Fsp3) is 0.526. The summed E-state index contributed by atoms with van der Waals surface area (Å²) < 4.78 is 13.3. The van der Waals surface area contributed by atoms with Crippen LogP contribution in [-0.4, -0.2) is 34.4 Å². The second kappa shape index (κ2) is 7.71. The highest BCUT2D eigenvalue weighted by atomic mass is 16.6. The van der Waals surface area contributed by atoms with E-state index < -0.39 is 0 Å². The van der Waals surface area contributed by atoms with Crippen molar-refractivity contribution in [2.75, 3.05) is 19.8 Å². The van der Waals surface area contributed by atoms with E-state index in [0.29, 0.717) is 19.1 Å². The Labute approximate surface area is 144 Å². The van der Waals surface area contributed by atoms with E-state index in [1.165, 1.54) is 11.1 Å². The molecular formula is C19H27N3O2. The molecule has 0 spiro atoms. The van der Waals surface area contributed by atoms with E-state index in [2.05, 4.69) is 49.1 Å². The Morgan fingerprint density at radius 2 is 1.88 bits per heavy atom. The van der Waals surface area contributed by atoms with Crippen molar-refractivity contribution in [3.63, 3.8) is 0 Å². The summed E-state index contributed by atoms with van der Waals surface area (Å²) in [5.41, 5.74) is 2.51. The molecule has 1 aromatic carbocycles. The summed E-state index contributed by atoms with van der Waals surface area (Å²) in [4.78, 5) is 2.47. The second-order valence-electron chi connectivity index (χ2n) is 6.75. The van der Waals surface area contributed by atoms with Gasteiger partial charge in [0.2, 0.25) is 0 Å². The molecule has 0 bridgehead atoms. The minimum Gasteiger partial charge on any atom is -0.486 e. The Balaban J connectivity index is 1.71. The van der Waals surface area contributed by atoms with Crippen LogP contribution < -0.4 is 9.47 Å². The van der Waals surface area contributed by atoms with Gasteiger partial charge in [-0.05, 0) is 30.5 Å². The van der Waals surface area contributed by atoms with Gasteiger partial charge in [0.15, 0.2) is 11.5 Å². The zero-order chi connectivity index (χ0) is 16.9. The number of fused-ring (bicyclic) bond motifs is 1. The van der Waals surface area contributed by atoms with Crippen molar-refractivity contribution in [2.45, 2.75) is 40.4 Å². The lowest BCUT2D eigenvalue weighted by Gasteiger charge is -2.25. The number of aryl methyl sites for hydroxylation is 1. The van der Waals surface area contributed by atoms with Gasteiger partial charge >= 0.3 is 0 Å². The van der Waals surface area contributed by atoms with Crippen molar-refractivity contribution >= 4 is 0 Å². The molecule has 0 atom stereocenters. The van der Waals surface area contributed by atoms with Crippen LogP contribution in [0.3, 0.4) is 0 Å². The van der Waals surface area contributed by atoms with Crippen molar-refractivity contribution in [2.24, 2.45) is 5.92 Å². The fourth-order valence-electron chi connectivity index (χ4n) is 3.06. The van der Waals surface area contributed by atoms with Gasteiger partial charge in [-0.25, -0.2) is 0 Å². The third kappa shape index (κ3) is 4.29. The molecular weight excluding hydrogens is 302 g/mol. The van der Waals surface area contributed by atoms with E-state index in [1.807, 2.05) is 16.9 Å². The molecule has 2 heterocycles. The highest BCUT2D eigenvalue weighted by molar-refractivity contribution is 5.43. The molecule has 5 heteroatoms. The number of ether oxygens (including phenoxy) is 2. The summed E-state index contributed by atoms with van der Waals surface area (Å²) in [6.45, 7) is 11.6. The topological polar surface area (TPSA) is 39.5 Å². The Morgan fingerprint density at radius 1 is 1.12 bits per heavy atom. The van der Waals surface area contributed by atoms with Crippen molar-refractivity contribution in [1.82, 2.24) is 14.7 Å². The monoisotopic (exact) mass is 329 g/mol. The number of hydrogen-bond donors (Lipinski definition) is 0. The maximum Gasteiger partial charge on any atom is 0.161 e. The van der Waals surface area contributed by atoms with Gasteiger partial charge in [-0.15, -0.1) is 0 Å². The van der Waals surface area contributed by atoms with Gasteiger partial charge in [-0.2, -0.15) is 5.10 Å². The molecule has 1 aliphatic rings. The predicted molar refractivity (Wildman–Crippen MR) is 94.3 cm³/mol. The Morgan fingerprint density at radius 3 is 2.58 bits per heavy atom. The maximum absolute atomic E-state index is 5.71. The average Bonchev–Trinajstić information content (AvgIpc) is 3.01. The van der Waals surface area contributed by atoms with Crippen LogP contribution in [0.4, 0.5) is 0 Å². The van der Waals surface area contributed by atoms with Crippen LogP contribution >= 0.6 is 0 Å². The molecule has 1 aliphatic heterocycles. The van der Waals surface area contributed by atoms with Gasteiger partial charge in [0.1, 0.15) is 13.2 Å². The molecule has 0 unspecified atom stereocenters. The number of hydrogen-bond acceptors (Lipinski definition) is 4. The van der Waals surface area contributed by atoms with E-state index >= 15 is 0 Å². The summed E-state index contributed by atoms with van der Waals surface area (Å²) in [5, 5.41) is 4.39. The lowest BCUT2D eigenvalue weighted by Crippen LogP contribution is -2.27. The first-order valence-electron chi connectivity index (χ1n) is 8.76. The quantitative estimate of drug-likeness (QED) is 0.781. The summed E-state index contributed by atoms with van der Waals surface area (Å²) >= 11 is 0. The highest BCUT2D eigenvalue weighted by Gasteiger charge is 2.15. The Bertz CT molecular complexity index is 666. The molecule has 130 valence electrons. The van der Waals surface area contributed by atoms with Crippen molar-refractivity contribution in [3.8, 4) is 11.5 Å². The van der Waals surface area contributed by atoms with E-state index in [9.17, 15) is 0 Å². The van der Waals surface area contributed by atoms with E-state index in [4.69, 9.17) is 9.47 Å². The summed E-state index contributed by atoms with van der Waals surface area (Å²) in [6, 6.07) is 6.26. The number of aromatic nitrogens is 2. The van der Waals surface area contributed by atoms with Gasteiger partial charge in [-0.3, -0.25) is 9.58 Å². The van der Waals surface area contributed by atoms with E-state index in [1.54, 1.807) is 0 Å². The lowest BCUT2D eigenvalue weighted by atomic mass is 10.1. The van der Waals surface area contributed by atoms with Crippen LogP contribution in [0, 0.1) is 5.92 Å². The molecule has 0 fully saturated rings. The van der Waals surface area contributed by atoms with Crippen LogP contribution in [0.2, 0.25) is 0 Å². The second-order valence-corrected chi connectivity index (χ2v) is 6.75. The first-order chi connectivity index (χ1) is 11.6. The Kier molecular flexibility index (Phi) is 5.41. The third-order valence-electron chi connectivity index (χ3n) is 4.05. The van der Waals surface area contributed by atoms with Crippen LogP contribution in [-0.2, 0) is 19.6 Å². The van der Waals surface area contributed by atoms with Crippen LogP contribution in [0.15, 0.2) is 30.6 Å². The number of nitrogens with zero attached hydrogens (tertiary/aromatic N) is 3. The number of rotatable bonds is 7. The van der Waals surface area contributed by atoms with Gasteiger partial charge in [0, 0.05) is 37.9 Å². The van der Waals surface area contributed by atoms with E-state index in [0.717, 1.165) is 37.7 Å². The molecule has 24 heavy (non-hydrogen) atoms. The molecule has 1 aromatic heterocycles. The molecule has 0 N–H and O–H groups in total. The van der Waals surface area contributed by atoms with E-state index in [-0.39, 0.29) is 0 Å². The van der Waals surface area contributed by atoms with Gasteiger partial charge < -0.3 is 9.47 Å². The van der Waals surface area contributed by atoms with Crippen LogP contribution in [0.5, 0.6) is 11.5 Å². The van der Waals surface area contributed by atoms with Crippen molar-refractivity contribution < 1.29 is 9.47 Å². The van der Waals surface area contributed by atoms with Crippen LogP contribution in [0.25, 0.3) is 0 Å². The molecule has 3 rings (SSSR count). The van der Waals surface area contributed by atoms with Gasteiger partial charge in [-0.1, -0.05) is 19.9 Å².